The molecule has 1 N–H and O–H groups in total. The van der Waals surface area contributed by atoms with E-state index in [0.29, 0.717) is 10.6 Å². The van der Waals surface area contributed by atoms with Crippen molar-refractivity contribution in [2.75, 3.05) is 17.3 Å². The second-order valence-electron chi connectivity index (χ2n) is 3.15. The van der Waals surface area contributed by atoms with Crippen molar-refractivity contribution in [3.63, 3.8) is 0 Å². The van der Waals surface area contributed by atoms with Crippen LogP contribution in [0.1, 0.15) is 5.56 Å². The third kappa shape index (κ3) is 3.94. The molecule has 98 valence electrons. The summed E-state index contributed by atoms with van der Waals surface area (Å²) in [6, 6.07) is 3.71. The summed E-state index contributed by atoms with van der Waals surface area (Å²) in [4.78, 5) is 11.7. The lowest BCUT2D eigenvalue weighted by atomic mass is 10.3. The van der Waals surface area contributed by atoms with Crippen LogP contribution >= 0.6 is 46.2 Å². The first kappa shape index (κ1) is 14.3. The van der Waals surface area contributed by atoms with Crippen molar-refractivity contribution >= 4 is 57.1 Å². The normalized spacial score (nSPS) is 10.1. The number of hydrogen-bond donors (Lipinski definition) is 1. The monoisotopic (exact) mass is 328 g/mol. The average Bonchev–Trinajstić information content (AvgIpc) is 3.04. The Kier molecular flexibility index (Phi) is 5.21. The van der Waals surface area contributed by atoms with Crippen molar-refractivity contribution in [2.45, 2.75) is 8.68 Å². The van der Waals surface area contributed by atoms with Crippen molar-refractivity contribution in [3.05, 3.63) is 17.0 Å². The van der Waals surface area contributed by atoms with Crippen LogP contribution in [0.2, 0.25) is 0 Å². The number of hydrogen-bond acceptors (Lipinski definition) is 8. The molecule has 1 amide bonds. The number of thioether (sulfide) groups is 2. The molecule has 0 aliphatic heterocycles. The van der Waals surface area contributed by atoms with Gasteiger partial charge in [-0.3, -0.25) is 4.79 Å². The van der Waals surface area contributed by atoms with E-state index < -0.39 is 0 Å². The van der Waals surface area contributed by atoms with Gasteiger partial charge in [-0.05, 0) is 17.7 Å². The van der Waals surface area contributed by atoms with Crippen molar-refractivity contribution in [2.24, 2.45) is 0 Å². The predicted octanol–water partition coefficient (Wildman–Crippen LogP) is 2.92. The van der Waals surface area contributed by atoms with Crippen molar-refractivity contribution in [3.8, 4) is 6.07 Å². The second kappa shape index (κ2) is 6.91. The highest BCUT2D eigenvalue weighted by molar-refractivity contribution is 8.03. The van der Waals surface area contributed by atoms with Gasteiger partial charge in [0, 0.05) is 0 Å². The van der Waals surface area contributed by atoms with Crippen LogP contribution in [0.3, 0.4) is 0 Å². The molecule has 9 heteroatoms. The summed E-state index contributed by atoms with van der Waals surface area (Å²) in [6.07, 6.45) is 1.93. The van der Waals surface area contributed by atoms with E-state index in [0.717, 1.165) is 8.68 Å². The van der Waals surface area contributed by atoms with Crippen LogP contribution < -0.4 is 5.32 Å². The Labute approximate surface area is 126 Å². The molecule has 0 aliphatic rings. The van der Waals surface area contributed by atoms with Crippen LogP contribution in [0.4, 0.5) is 5.00 Å². The Balaban J connectivity index is 1.87. The minimum atomic E-state index is -0.148. The number of aromatic nitrogens is 2. The molecule has 0 atom stereocenters. The molecule has 0 saturated carbocycles. The molecule has 0 saturated heterocycles. The molecule has 2 aromatic heterocycles. The van der Waals surface area contributed by atoms with E-state index in [1.807, 2.05) is 12.3 Å². The standard InChI is InChI=1S/C10H8N4OS4/c1-16-9-13-14-10(19-9)18-5-7(15)12-8-6(4-11)2-3-17-8/h2-3H,5H2,1H3,(H,12,15). The number of carbonyl (C=O) groups is 1. The number of amides is 1. The average molecular weight is 328 g/mol. The summed E-state index contributed by atoms with van der Waals surface area (Å²) in [5.74, 6) is 0.107. The molecule has 0 radical (unpaired) electrons. The Bertz CT molecular complexity index is 615. The van der Waals surface area contributed by atoms with E-state index >= 15 is 0 Å². The Morgan fingerprint density at radius 1 is 1.53 bits per heavy atom. The van der Waals surface area contributed by atoms with E-state index in [4.69, 9.17) is 5.26 Å². The fourth-order valence-corrected chi connectivity index (χ4v) is 4.11. The quantitative estimate of drug-likeness (QED) is 0.850. The lowest BCUT2D eigenvalue weighted by Crippen LogP contribution is -2.13. The smallest absolute Gasteiger partial charge is 0.235 e. The number of rotatable bonds is 5. The molecular weight excluding hydrogens is 320 g/mol. The zero-order chi connectivity index (χ0) is 13.7. The van der Waals surface area contributed by atoms with E-state index in [1.165, 1.54) is 46.2 Å². The minimum Gasteiger partial charge on any atom is -0.316 e. The maximum absolute atomic E-state index is 11.7. The fourth-order valence-electron chi connectivity index (χ4n) is 1.12. The molecule has 2 aromatic rings. The van der Waals surface area contributed by atoms with E-state index in [2.05, 4.69) is 15.5 Å². The van der Waals surface area contributed by atoms with Gasteiger partial charge in [-0.1, -0.05) is 34.9 Å². The Morgan fingerprint density at radius 3 is 3.00 bits per heavy atom. The SMILES string of the molecule is CSc1nnc(SCC(=O)Nc2sccc2C#N)s1. The largest absolute Gasteiger partial charge is 0.316 e. The molecule has 0 spiro atoms. The lowest BCUT2D eigenvalue weighted by Gasteiger charge is -2.01. The highest BCUT2D eigenvalue weighted by atomic mass is 32.2. The summed E-state index contributed by atoms with van der Waals surface area (Å²) < 4.78 is 1.65. The van der Waals surface area contributed by atoms with Crippen LogP contribution in [0.15, 0.2) is 20.1 Å². The van der Waals surface area contributed by atoms with E-state index in [-0.39, 0.29) is 11.7 Å². The lowest BCUT2D eigenvalue weighted by molar-refractivity contribution is -0.113. The van der Waals surface area contributed by atoms with Gasteiger partial charge in [0.1, 0.15) is 11.1 Å². The van der Waals surface area contributed by atoms with Gasteiger partial charge in [0.25, 0.3) is 0 Å². The second-order valence-corrected chi connectivity index (χ2v) is 7.32. The predicted molar refractivity (Wildman–Crippen MR) is 80.1 cm³/mol. The minimum absolute atomic E-state index is 0.148. The van der Waals surface area contributed by atoms with Gasteiger partial charge in [-0.25, -0.2) is 0 Å². The summed E-state index contributed by atoms with van der Waals surface area (Å²) in [5, 5.41) is 21.9. The maximum atomic E-state index is 11.7. The molecule has 0 bridgehead atoms. The van der Waals surface area contributed by atoms with Gasteiger partial charge in [0.15, 0.2) is 8.68 Å². The summed E-state index contributed by atoms with van der Waals surface area (Å²) in [6.45, 7) is 0. The first-order valence-electron chi connectivity index (χ1n) is 5.00. The number of anilines is 1. The Morgan fingerprint density at radius 2 is 2.32 bits per heavy atom. The van der Waals surface area contributed by atoms with Crippen LogP contribution in [0.25, 0.3) is 0 Å². The van der Waals surface area contributed by atoms with Gasteiger partial charge in [-0.2, -0.15) is 5.26 Å². The summed E-state index contributed by atoms with van der Waals surface area (Å²) in [7, 11) is 0. The third-order valence-electron chi connectivity index (χ3n) is 1.93. The number of nitrogens with zero attached hydrogens (tertiary/aromatic N) is 3. The highest BCUT2D eigenvalue weighted by Crippen LogP contribution is 2.28. The first-order chi connectivity index (χ1) is 9.22. The topological polar surface area (TPSA) is 78.7 Å². The maximum Gasteiger partial charge on any atom is 0.235 e. The van der Waals surface area contributed by atoms with Gasteiger partial charge in [0.2, 0.25) is 5.91 Å². The van der Waals surface area contributed by atoms with Crippen LogP contribution in [0.5, 0.6) is 0 Å². The fraction of sp³-hybridized carbons (Fsp3) is 0.200. The molecule has 0 aliphatic carbocycles. The van der Waals surface area contributed by atoms with Crippen LogP contribution in [-0.2, 0) is 4.79 Å². The molecular formula is C10H8N4OS4. The Hall–Kier alpha value is -1.08. The number of thiophene rings is 1. The molecule has 0 unspecified atom stereocenters. The number of carbonyl (C=O) groups excluding carboxylic acids is 1. The summed E-state index contributed by atoms with van der Waals surface area (Å²) in [5.41, 5.74) is 0.490. The van der Waals surface area contributed by atoms with E-state index in [9.17, 15) is 4.79 Å². The van der Waals surface area contributed by atoms with E-state index in [1.54, 1.807) is 11.4 Å². The number of nitrogens with one attached hydrogen (secondary N) is 1. The third-order valence-corrected chi connectivity index (χ3v) is 5.79. The molecule has 0 aromatic carbocycles. The first-order valence-corrected chi connectivity index (χ1v) is 8.91. The molecule has 5 nitrogen and oxygen atoms in total. The number of nitriles is 1. The van der Waals surface area contributed by atoms with Crippen LogP contribution in [0, 0.1) is 11.3 Å². The van der Waals surface area contributed by atoms with Gasteiger partial charge < -0.3 is 5.32 Å². The van der Waals surface area contributed by atoms with Crippen molar-refractivity contribution in [1.29, 1.82) is 5.26 Å². The summed E-state index contributed by atoms with van der Waals surface area (Å²) >= 11 is 5.67. The highest BCUT2D eigenvalue weighted by Gasteiger charge is 2.10. The van der Waals surface area contributed by atoms with Gasteiger partial charge in [0.05, 0.1) is 11.3 Å². The molecule has 0 fully saturated rings. The van der Waals surface area contributed by atoms with Crippen LogP contribution in [-0.4, -0.2) is 28.1 Å². The zero-order valence-corrected chi connectivity index (χ0v) is 13.0. The van der Waals surface area contributed by atoms with Gasteiger partial charge >= 0.3 is 0 Å². The molecule has 2 heterocycles. The molecule has 19 heavy (non-hydrogen) atoms. The molecule has 2 rings (SSSR count). The van der Waals surface area contributed by atoms with Gasteiger partial charge in [-0.15, -0.1) is 21.5 Å². The zero-order valence-electron chi connectivity index (χ0n) is 9.74. The van der Waals surface area contributed by atoms with Crippen molar-refractivity contribution in [1.82, 2.24) is 10.2 Å². The van der Waals surface area contributed by atoms with Crippen molar-refractivity contribution < 1.29 is 4.79 Å².